The second kappa shape index (κ2) is 14.6. The lowest BCUT2D eigenvalue weighted by atomic mass is 10.0. The van der Waals surface area contributed by atoms with E-state index in [0.717, 1.165) is 12.8 Å². The van der Waals surface area contributed by atoms with Gasteiger partial charge in [-0.2, -0.15) is 0 Å². The maximum absolute atomic E-state index is 11.4. The third kappa shape index (κ3) is 12.3. The monoisotopic (exact) mass is 282 g/mol. The normalized spacial score (nSPS) is 10.8. The van der Waals surface area contributed by atoms with E-state index in [9.17, 15) is 4.79 Å². The van der Waals surface area contributed by atoms with Crippen molar-refractivity contribution in [3.05, 3.63) is 12.7 Å². The van der Waals surface area contributed by atoms with E-state index >= 15 is 0 Å². The zero-order valence-corrected chi connectivity index (χ0v) is 13.7. The van der Waals surface area contributed by atoms with E-state index in [2.05, 4.69) is 20.4 Å². The molecule has 0 aromatic carbocycles. The van der Waals surface area contributed by atoms with Crippen LogP contribution >= 0.6 is 0 Å². The summed E-state index contributed by atoms with van der Waals surface area (Å²) in [4.78, 5) is 11.4. The number of rotatable bonds is 14. The number of hydrogen-bond donors (Lipinski definition) is 0. The fourth-order valence-corrected chi connectivity index (χ4v) is 2.43. The number of ether oxygens (including phenoxy) is 1. The van der Waals surface area contributed by atoms with Gasteiger partial charge >= 0.3 is 5.97 Å². The lowest BCUT2D eigenvalue weighted by Crippen LogP contribution is -2.16. The van der Waals surface area contributed by atoms with Crippen LogP contribution in [0.5, 0.6) is 0 Å². The molecular weight excluding hydrogens is 248 g/mol. The van der Waals surface area contributed by atoms with Gasteiger partial charge in [-0.3, -0.25) is 0 Å². The summed E-state index contributed by atoms with van der Waals surface area (Å²) in [5.74, 6) is -0.267. The molecule has 0 aromatic heterocycles. The van der Waals surface area contributed by atoms with Crippen LogP contribution in [0.4, 0.5) is 0 Å². The van der Waals surface area contributed by atoms with Gasteiger partial charge in [0.15, 0.2) is 0 Å². The quantitative estimate of drug-likeness (QED) is 0.228. The van der Waals surface area contributed by atoms with Crippen LogP contribution in [0, 0.1) is 0 Å². The molecule has 0 fully saturated rings. The van der Waals surface area contributed by atoms with Crippen LogP contribution in [0.15, 0.2) is 12.7 Å². The predicted octanol–water partition coefficient (Wildman–Crippen LogP) is 5.81. The van der Waals surface area contributed by atoms with Gasteiger partial charge in [0.2, 0.25) is 0 Å². The van der Waals surface area contributed by atoms with Crippen molar-refractivity contribution in [2.24, 2.45) is 0 Å². The summed E-state index contributed by atoms with van der Waals surface area (Å²) in [6.45, 7) is 7.94. The first-order valence-corrected chi connectivity index (χ1v) is 8.57. The van der Waals surface area contributed by atoms with Crippen LogP contribution in [0.2, 0.25) is 0 Å². The molecule has 0 amide bonds. The number of carbonyl (C=O) groups is 1. The molecule has 2 heteroatoms. The highest BCUT2D eigenvalue weighted by Gasteiger charge is 2.12. The maximum Gasteiger partial charge on any atom is 0.330 e. The van der Waals surface area contributed by atoms with Crippen molar-refractivity contribution in [3.63, 3.8) is 0 Å². The van der Waals surface area contributed by atoms with Crippen LogP contribution in [-0.4, -0.2) is 12.1 Å². The van der Waals surface area contributed by atoms with Gasteiger partial charge in [0.1, 0.15) is 6.10 Å². The third-order valence-electron chi connectivity index (χ3n) is 3.71. The highest BCUT2D eigenvalue weighted by atomic mass is 16.5. The van der Waals surface area contributed by atoms with Crippen LogP contribution in [-0.2, 0) is 9.53 Å². The summed E-state index contributed by atoms with van der Waals surface area (Å²) in [7, 11) is 0. The summed E-state index contributed by atoms with van der Waals surface area (Å²) < 4.78 is 5.46. The first-order valence-electron chi connectivity index (χ1n) is 8.57. The average molecular weight is 282 g/mol. The number of unbranched alkanes of at least 4 members (excludes halogenated alkanes) is 8. The van der Waals surface area contributed by atoms with Crippen LogP contribution in [0.25, 0.3) is 0 Å². The van der Waals surface area contributed by atoms with Crippen molar-refractivity contribution in [1.29, 1.82) is 0 Å². The SMILES string of the molecule is C=CC(=O)OC(CCCCCCC)CCCCCCC. The Kier molecular flexibility index (Phi) is 14.0. The Morgan fingerprint density at radius 1 is 0.900 bits per heavy atom. The van der Waals surface area contributed by atoms with Crippen molar-refractivity contribution in [3.8, 4) is 0 Å². The van der Waals surface area contributed by atoms with Gasteiger partial charge in [-0.1, -0.05) is 71.8 Å². The predicted molar refractivity (Wildman–Crippen MR) is 86.8 cm³/mol. The van der Waals surface area contributed by atoms with E-state index in [1.807, 2.05) is 0 Å². The molecular formula is C18H34O2. The number of hydrogen-bond acceptors (Lipinski definition) is 2. The molecule has 0 aromatic rings. The van der Waals surface area contributed by atoms with E-state index in [0.29, 0.717) is 0 Å². The van der Waals surface area contributed by atoms with E-state index in [1.165, 1.54) is 70.3 Å². The van der Waals surface area contributed by atoms with Crippen LogP contribution in [0.1, 0.15) is 90.9 Å². The van der Waals surface area contributed by atoms with Gasteiger partial charge in [0.05, 0.1) is 0 Å². The highest BCUT2D eigenvalue weighted by Crippen LogP contribution is 2.16. The lowest BCUT2D eigenvalue weighted by Gasteiger charge is -2.17. The molecule has 0 saturated heterocycles. The van der Waals surface area contributed by atoms with Crippen molar-refractivity contribution in [2.75, 3.05) is 0 Å². The smallest absolute Gasteiger partial charge is 0.330 e. The lowest BCUT2D eigenvalue weighted by molar-refractivity contribution is -0.143. The summed E-state index contributed by atoms with van der Waals surface area (Å²) in [6, 6.07) is 0. The minimum absolute atomic E-state index is 0.101. The number of esters is 1. The second-order valence-corrected chi connectivity index (χ2v) is 5.67. The molecule has 0 N–H and O–H groups in total. The second-order valence-electron chi connectivity index (χ2n) is 5.67. The molecule has 0 saturated carbocycles. The third-order valence-corrected chi connectivity index (χ3v) is 3.71. The van der Waals surface area contributed by atoms with Gasteiger partial charge in [0.25, 0.3) is 0 Å². The Labute approximate surface area is 126 Å². The molecule has 0 radical (unpaired) electrons. The van der Waals surface area contributed by atoms with Gasteiger partial charge in [-0.25, -0.2) is 4.79 Å². The van der Waals surface area contributed by atoms with Gasteiger partial charge in [-0.05, 0) is 25.7 Å². The van der Waals surface area contributed by atoms with Gasteiger partial charge in [0, 0.05) is 6.08 Å². The summed E-state index contributed by atoms with van der Waals surface area (Å²) in [5, 5.41) is 0. The van der Waals surface area contributed by atoms with Crippen LogP contribution < -0.4 is 0 Å². The minimum Gasteiger partial charge on any atom is -0.459 e. The molecule has 0 heterocycles. The Hall–Kier alpha value is -0.790. The molecule has 20 heavy (non-hydrogen) atoms. The van der Waals surface area contributed by atoms with Gasteiger partial charge in [-0.15, -0.1) is 0 Å². The maximum atomic E-state index is 11.4. The first kappa shape index (κ1) is 19.2. The van der Waals surface area contributed by atoms with E-state index in [1.54, 1.807) is 0 Å². The van der Waals surface area contributed by atoms with Crippen molar-refractivity contribution in [2.45, 2.75) is 97.0 Å². The molecule has 0 aliphatic carbocycles. The largest absolute Gasteiger partial charge is 0.459 e. The molecule has 0 spiro atoms. The van der Waals surface area contributed by atoms with Crippen LogP contribution in [0.3, 0.4) is 0 Å². The molecule has 2 nitrogen and oxygen atoms in total. The molecule has 0 unspecified atom stereocenters. The highest BCUT2D eigenvalue weighted by molar-refractivity contribution is 5.81. The van der Waals surface area contributed by atoms with Crippen molar-refractivity contribution < 1.29 is 9.53 Å². The van der Waals surface area contributed by atoms with E-state index in [-0.39, 0.29) is 12.1 Å². The summed E-state index contributed by atoms with van der Waals surface area (Å²) in [6.07, 6.45) is 16.0. The fourth-order valence-electron chi connectivity index (χ4n) is 2.43. The van der Waals surface area contributed by atoms with Gasteiger partial charge < -0.3 is 4.74 Å². The fraction of sp³-hybridized carbons (Fsp3) is 0.833. The van der Waals surface area contributed by atoms with Crippen molar-refractivity contribution >= 4 is 5.97 Å². The number of carbonyl (C=O) groups excluding carboxylic acids is 1. The molecule has 0 rings (SSSR count). The first-order chi connectivity index (χ1) is 9.74. The molecule has 0 aliphatic heterocycles. The van der Waals surface area contributed by atoms with Crippen molar-refractivity contribution in [1.82, 2.24) is 0 Å². The Bertz CT molecular complexity index is 222. The standard InChI is InChI=1S/C18H34O2/c1-4-7-9-11-13-15-17(20-18(19)6-3)16-14-12-10-8-5-2/h6,17H,3-5,7-16H2,1-2H3. The van der Waals surface area contributed by atoms with E-state index < -0.39 is 0 Å². The summed E-state index contributed by atoms with van der Waals surface area (Å²) in [5.41, 5.74) is 0. The van der Waals surface area contributed by atoms with E-state index in [4.69, 9.17) is 4.74 Å². The molecule has 0 atom stereocenters. The minimum atomic E-state index is -0.267. The average Bonchev–Trinajstić information content (AvgIpc) is 2.46. The zero-order chi connectivity index (χ0) is 15.1. The molecule has 118 valence electrons. The molecule has 0 aliphatic rings. The Balaban J connectivity index is 3.82. The zero-order valence-electron chi connectivity index (χ0n) is 13.7. The molecule has 0 bridgehead atoms. The topological polar surface area (TPSA) is 26.3 Å². The summed E-state index contributed by atoms with van der Waals surface area (Å²) >= 11 is 0. The Morgan fingerprint density at radius 2 is 1.35 bits per heavy atom. The Morgan fingerprint density at radius 3 is 1.75 bits per heavy atom.